The van der Waals surface area contributed by atoms with Crippen LogP contribution in [-0.4, -0.2) is 4.37 Å². The van der Waals surface area contributed by atoms with Crippen molar-refractivity contribution in [3.63, 3.8) is 0 Å². The molecule has 0 bridgehead atoms. The van der Waals surface area contributed by atoms with Crippen LogP contribution in [0.25, 0.3) is 0 Å². The molecule has 0 aliphatic carbocycles. The third-order valence-corrected chi connectivity index (χ3v) is 2.75. The summed E-state index contributed by atoms with van der Waals surface area (Å²) in [5.74, 6) is 0. The molecule has 0 saturated heterocycles. The van der Waals surface area contributed by atoms with E-state index in [0.29, 0.717) is 0 Å². The molecule has 0 fully saturated rings. The molecular weight excluding hydrogens is 192 g/mol. The van der Waals surface area contributed by atoms with E-state index in [4.69, 9.17) is 5.73 Å². The van der Waals surface area contributed by atoms with Gasteiger partial charge in [0, 0.05) is 17.8 Å². The van der Waals surface area contributed by atoms with Crippen molar-refractivity contribution < 1.29 is 0 Å². The fourth-order valence-corrected chi connectivity index (χ4v) is 1.94. The van der Waals surface area contributed by atoms with Gasteiger partial charge in [0.15, 0.2) is 0 Å². The van der Waals surface area contributed by atoms with Gasteiger partial charge in [-0.05, 0) is 23.2 Å². The molecule has 14 heavy (non-hydrogen) atoms. The largest absolute Gasteiger partial charge is 0.324 e. The van der Waals surface area contributed by atoms with E-state index >= 15 is 0 Å². The lowest BCUT2D eigenvalue weighted by atomic mass is 10.0. The van der Waals surface area contributed by atoms with Crippen LogP contribution in [0.5, 0.6) is 0 Å². The molecule has 0 saturated carbocycles. The SMILES string of the molecule is NC(Cc1ccsn1)c1ccccc1. The summed E-state index contributed by atoms with van der Waals surface area (Å²) in [5, 5.41) is 1.98. The Kier molecular flexibility index (Phi) is 2.91. The van der Waals surface area contributed by atoms with Gasteiger partial charge in [0.2, 0.25) is 0 Å². The molecule has 2 N–H and O–H groups in total. The van der Waals surface area contributed by atoms with Crippen molar-refractivity contribution in [3.8, 4) is 0 Å². The van der Waals surface area contributed by atoms with Crippen LogP contribution >= 0.6 is 11.5 Å². The Balaban J connectivity index is 2.07. The van der Waals surface area contributed by atoms with E-state index in [-0.39, 0.29) is 6.04 Å². The normalized spacial score (nSPS) is 12.6. The van der Waals surface area contributed by atoms with E-state index in [1.807, 2.05) is 29.6 Å². The molecule has 1 heterocycles. The minimum atomic E-state index is 0.0540. The van der Waals surface area contributed by atoms with Crippen molar-refractivity contribution in [2.75, 3.05) is 0 Å². The minimum absolute atomic E-state index is 0.0540. The first-order chi connectivity index (χ1) is 6.86. The lowest BCUT2D eigenvalue weighted by molar-refractivity contribution is 0.712. The fourth-order valence-electron chi connectivity index (χ4n) is 1.39. The van der Waals surface area contributed by atoms with Crippen molar-refractivity contribution in [1.29, 1.82) is 0 Å². The van der Waals surface area contributed by atoms with Crippen LogP contribution in [0, 0.1) is 0 Å². The van der Waals surface area contributed by atoms with E-state index in [9.17, 15) is 0 Å². The average molecular weight is 204 g/mol. The zero-order valence-corrected chi connectivity index (χ0v) is 8.58. The lowest BCUT2D eigenvalue weighted by Crippen LogP contribution is -2.13. The maximum atomic E-state index is 6.05. The van der Waals surface area contributed by atoms with Gasteiger partial charge in [-0.3, -0.25) is 0 Å². The van der Waals surface area contributed by atoms with Crippen LogP contribution in [0.2, 0.25) is 0 Å². The Bertz CT molecular complexity index is 369. The topological polar surface area (TPSA) is 38.9 Å². The molecular formula is C11H12N2S. The molecule has 72 valence electrons. The highest BCUT2D eigenvalue weighted by molar-refractivity contribution is 7.03. The van der Waals surface area contributed by atoms with Crippen LogP contribution in [0.3, 0.4) is 0 Å². The fraction of sp³-hybridized carbons (Fsp3) is 0.182. The Morgan fingerprint density at radius 2 is 2.00 bits per heavy atom. The molecule has 1 unspecified atom stereocenters. The van der Waals surface area contributed by atoms with Gasteiger partial charge in [-0.15, -0.1) is 0 Å². The van der Waals surface area contributed by atoms with Crippen LogP contribution in [0.15, 0.2) is 41.8 Å². The highest BCUT2D eigenvalue weighted by atomic mass is 32.1. The lowest BCUT2D eigenvalue weighted by Gasteiger charge is -2.09. The number of benzene rings is 1. The maximum absolute atomic E-state index is 6.05. The summed E-state index contributed by atoms with van der Waals surface area (Å²) in [6.07, 6.45) is 0.813. The minimum Gasteiger partial charge on any atom is -0.324 e. The quantitative estimate of drug-likeness (QED) is 0.833. The monoisotopic (exact) mass is 204 g/mol. The van der Waals surface area contributed by atoms with Gasteiger partial charge in [-0.1, -0.05) is 30.3 Å². The smallest absolute Gasteiger partial charge is 0.0561 e. The Morgan fingerprint density at radius 1 is 1.21 bits per heavy atom. The molecule has 0 amide bonds. The van der Waals surface area contributed by atoms with Crippen LogP contribution < -0.4 is 5.73 Å². The summed E-state index contributed by atoms with van der Waals surface area (Å²) in [4.78, 5) is 0. The molecule has 1 atom stereocenters. The number of nitrogens with zero attached hydrogens (tertiary/aromatic N) is 1. The standard InChI is InChI=1S/C11H12N2S/c12-11(8-10-6-7-14-13-10)9-4-2-1-3-5-9/h1-7,11H,8,12H2. The third kappa shape index (κ3) is 2.19. The molecule has 3 heteroatoms. The maximum Gasteiger partial charge on any atom is 0.0561 e. The molecule has 2 nitrogen and oxygen atoms in total. The molecule has 2 aromatic rings. The summed E-state index contributed by atoms with van der Waals surface area (Å²) in [5.41, 5.74) is 8.29. The Labute approximate surface area is 87.6 Å². The second kappa shape index (κ2) is 4.35. The summed E-state index contributed by atoms with van der Waals surface area (Å²) >= 11 is 1.47. The second-order valence-corrected chi connectivity index (χ2v) is 3.88. The van der Waals surface area contributed by atoms with Gasteiger partial charge < -0.3 is 5.73 Å². The number of hydrogen-bond acceptors (Lipinski definition) is 3. The first kappa shape index (κ1) is 9.37. The van der Waals surface area contributed by atoms with Gasteiger partial charge in [-0.2, -0.15) is 4.37 Å². The zero-order chi connectivity index (χ0) is 9.80. The Hall–Kier alpha value is -1.19. The summed E-state index contributed by atoms with van der Waals surface area (Å²) in [6, 6.07) is 12.2. The Morgan fingerprint density at radius 3 is 2.64 bits per heavy atom. The van der Waals surface area contributed by atoms with E-state index in [1.165, 1.54) is 17.1 Å². The first-order valence-electron chi connectivity index (χ1n) is 4.56. The summed E-state index contributed by atoms with van der Waals surface area (Å²) < 4.78 is 4.24. The van der Waals surface area contributed by atoms with Gasteiger partial charge in [0.1, 0.15) is 0 Å². The molecule has 0 aliphatic heterocycles. The molecule has 0 radical (unpaired) electrons. The highest BCUT2D eigenvalue weighted by Crippen LogP contribution is 2.15. The summed E-state index contributed by atoms with van der Waals surface area (Å²) in [6.45, 7) is 0. The van der Waals surface area contributed by atoms with E-state index < -0.39 is 0 Å². The summed E-state index contributed by atoms with van der Waals surface area (Å²) in [7, 11) is 0. The molecule has 1 aromatic heterocycles. The van der Waals surface area contributed by atoms with Crippen molar-refractivity contribution >= 4 is 11.5 Å². The first-order valence-corrected chi connectivity index (χ1v) is 5.39. The van der Waals surface area contributed by atoms with E-state index in [2.05, 4.69) is 16.5 Å². The molecule has 0 spiro atoms. The zero-order valence-electron chi connectivity index (χ0n) is 7.76. The van der Waals surface area contributed by atoms with E-state index in [0.717, 1.165) is 12.1 Å². The van der Waals surface area contributed by atoms with Crippen molar-refractivity contribution in [3.05, 3.63) is 53.0 Å². The van der Waals surface area contributed by atoms with Gasteiger partial charge in [0.25, 0.3) is 0 Å². The third-order valence-electron chi connectivity index (χ3n) is 2.15. The van der Waals surface area contributed by atoms with Crippen molar-refractivity contribution in [2.45, 2.75) is 12.5 Å². The number of aromatic nitrogens is 1. The average Bonchev–Trinajstić information content (AvgIpc) is 2.72. The predicted octanol–water partition coefficient (Wildman–Crippen LogP) is 2.39. The van der Waals surface area contributed by atoms with Crippen LogP contribution in [0.4, 0.5) is 0 Å². The van der Waals surface area contributed by atoms with Gasteiger partial charge >= 0.3 is 0 Å². The predicted molar refractivity (Wildman–Crippen MR) is 59.2 cm³/mol. The van der Waals surface area contributed by atoms with Crippen LogP contribution in [-0.2, 0) is 6.42 Å². The number of hydrogen-bond donors (Lipinski definition) is 1. The molecule has 0 aliphatic rings. The van der Waals surface area contributed by atoms with Crippen molar-refractivity contribution in [2.24, 2.45) is 5.73 Å². The number of rotatable bonds is 3. The number of nitrogens with two attached hydrogens (primary N) is 1. The van der Waals surface area contributed by atoms with Gasteiger partial charge in [0.05, 0.1) is 5.69 Å². The van der Waals surface area contributed by atoms with Gasteiger partial charge in [-0.25, -0.2) is 0 Å². The van der Waals surface area contributed by atoms with Crippen LogP contribution in [0.1, 0.15) is 17.3 Å². The highest BCUT2D eigenvalue weighted by Gasteiger charge is 2.07. The van der Waals surface area contributed by atoms with Crippen molar-refractivity contribution in [1.82, 2.24) is 4.37 Å². The van der Waals surface area contributed by atoms with E-state index in [1.54, 1.807) is 0 Å². The second-order valence-electron chi connectivity index (χ2n) is 3.21. The molecule has 2 rings (SSSR count). The molecule has 1 aromatic carbocycles.